The van der Waals surface area contributed by atoms with Gasteiger partial charge in [-0.15, -0.1) is 12.4 Å². The number of aromatic nitrogens is 3. The number of amides is 1. The Balaban J connectivity index is 0.00000256. The number of carbonyl (C=O) groups excluding carboxylic acids is 1. The molecule has 8 heteroatoms. The number of benzene rings is 1. The third-order valence-corrected chi connectivity index (χ3v) is 5.34. The molecule has 30 heavy (non-hydrogen) atoms. The van der Waals surface area contributed by atoms with E-state index in [0.717, 1.165) is 31.5 Å². The van der Waals surface area contributed by atoms with E-state index in [2.05, 4.69) is 15.7 Å². The minimum absolute atomic E-state index is 0. The number of nitrogens with one attached hydrogen (secondary N) is 2. The second-order valence-corrected chi connectivity index (χ2v) is 7.43. The molecule has 0 radical (unpaired) electrons. The lowest BCUT2D eigenvalue weighted by molar-refractivity contribution is 0.102. The second-order valence-electron chi connectivity index (χ2n) is 7.43. The molecule has 0 spiro atoms. The maximum Gasteiger partial charge on any atom is 0.263 e. The molecule has 1 aliphatic heterocycles. The van der Waals surface area contributed by atoms with Gasteiger partial charge in [0, 0.05) is 18.4 Å². The van der Waals surface area contributed by atoms with Crippen LogP contribution in [-0.2, 0) is 6.54 Å². The summed E-state index contributed by atoms with van der Waals surface area (Å²) in [6.45, 7) is 4.17. The molecule has 1 fully saturated rings. The first kappa shape index (κ1) is 21.8. The normalized spacial score (nSPS) is 14.2. The van der Waals surface area contributed by atoms with Crippen molar-refractivity contribution in [3.63, 3.8) is 0 Å². The number of carbonyl (C=O) groups is 1. The van der Waals surface area contributed by atoms with Crippen molar-refractivity contribution in [2.45, 2.75) is 32.4 Å². The van der Waals surface area contributed by atoms with Gasteiger partial charge in [0.2, 0.25) is 0 Å². The molecular weight excluding hydrogens is 402 g/mol. The van der Waals surface area contributed by atoms with Gasteiger partial charge in [-0.05, 0) is 50.0 Å². The van der Waals surface area contributed by atoms with Crippen molar-refractivity contribution in [1.29, 1.82) is 0 Å². The van der Waals surface area contributed by atoms with Crippen LogP contribution < -0.4 is 16.2 Å². The summed E-state index contributed by atoms with van der Waals surface area (Å²) in [7, 11) is 0. The standard InChI is InChI=1S/C22H25N5O2.ClH/c1-16-9-12-27(19-7-10-23-11-8-19)22(29)20(16)21(28)25-18-13-24-26(15-18)14-17-5-3-2-4-6-17;/h2-6,9,12-13,15,19,23H,7-8,10-11,14H2,1H3,(H,25,28);1H. The van der Waals surface area contributed by atoms with Gasteiger partial charge < -0.3 is 15.2 Å². The maximum atomic E-state index is 13.0. The molecule has 3 heterocycles. The summed E-state index contributed by atoms with van der Waals surface area (Å²) in [5, 5.41) is 10.4. The summed E-state index contributed by atoms with van der Waals surface area (Å²) in [6.07, 6.45) is 6.95. The highest BCUT2D eigenvalue weighted by Crippen LogP contribution is 2.18. The average Bonchev–Trinajstić information content (AvgIpc) is 3.16. The van der Waals surface area contributed by atoms with Crippen LogP contribution in [0.4, 0.5) is 5.69 Å². The minimum atomic E-state index is -0.393. The van der Waals surface area contributed by atoms with Crippen LogP contribution in [0.15, 0.2) is 59.8 Å². The number of halogens is 1. The lowest BCUT2D eigenvalue weighted by Gasteiger charge is -2.25. The number of pyridine rings is 1. The Hall–Kier alpha value is -2.90. The lowest BCUT2D eigenvalue weighted by atomic mass is 10.0. The van der Waals surface area contributed by atoms with Crippen molar-refractivity contribution in [3.8, 4) is 0 Å². The van der Waals surface area contributed by atoms with Gasteiger partial charge in [-0.1, -0.05) is 30.3 Å². The Labute approximate surface area is 181 Å². The number of anilines is 1. The predicted octanol–water partition coefficient (Wildman–Crippen LogP) is 3.00. The quantitative estimate of drug-likeness (QED) is 0.655. The van der Waals surface area contributed by atoms with Crippen LogP contribution in [0, 0.1) is 6.92 Å². The fourth-order valence-electron chi connectivity index (χ4n) is 3.77. The molecule has 4 rings (SSSR count). The average molecular weight is 428 g/mol. The van der Waals surface area contributed by atoms with Crippen molar-refractivity contribution in [3.05, 3.63) is 82.0 Å². The summed E-state index contributed by atoms with van der Waals surface area (Å²) in [5.41, 5.74) is 2.33. The van der Waals surface area contributed by atoms with Gasteiger partial charge in [0.25, 0.3) is 11.5 Å². The Kier molecular flexibility index (Phi) is 7.07. The van der Waals surface area contributed by atoms with Crippen LogP contribution in [0.5, 0.6) is 0 Å². The van der Waals surface area contributed by atoms with E-state index in [9.17, 15) is 9.59 Å². The number of piperidine rings is 1. The summed E-state index contributed by atoms with van der Waals surface area (Å²) >= 11 is 0. The zero-order valence-corrected chi connectivity index (χ0v) is 17.7. The highest BCUT2D eigenvalue weighted by atomic mass is 35.5. The number of hydrogen-bond donors (Lipinski definition) is 2. The molecule has 1 saturated heterocycles. The first-order valence-corrected chi connectivity index (χ1v) is 9.92. The fourth-order valence-corrected chi connectivity index (χ4v) is 3.77. The second kappa shape index (κ2) is 9.73. The Morgan fingerprint density at radius 1 is 1.20 bits per heavy atom. The number of aryl methyl sites for hydroxylation is 1. The molecule has 1 aliphatic rings. The molecule has 1 amide bonds. The Bertz CT molecular complexity index is 1050. The summed E-state index contributed by atoms with van der Waals surface area (Å²) < 4.78 is 3.47. The van der Waals surface area contributed by atoms with Crippen molar-refractivity contribution in [2.24, 2.45) is 0 Å². The number of rotatable bonds is 5. The molecule has 0 unspecified atom stereocenters. The number of hydrogen-bond acceptors (Lipinski definition) is 4. The van der Waals surface area contributed by atoms with Gasteiger partial charge >= 0.3 is 0 Å². The highest BCUT2D eigenvalue weighted by molar-refractivity contribution is 6.04. The zero-order valence-electron chi connectivity index (χ0n) is 16.9. The largest absolute Gasteiger partial charge is 0.319 e. The topological polar surface area (TPSA) is 81.0 Å². The van der Waals surface area contributed by atoms with Crippen LogP contribution in [0.25, 0.3) is 0 Å². The molecule has 7 nitrogen and oxygen atoms in total. The van der Waals surface area contributed by atoms with E-state index in [4.69, 9.17) is 0 Å². The molecular formula is C22H26ClN5O2. The van der Waals surface area contributed by atoms with E-state index in [1.807, 2.05) is 42.6 Å². The molecule has 3 aromatic rings. The molecule has 0 saturated carbocycles. The monoisotopic (exact) mass is 427 g/mol. The van der Waals surface area contributed by atoms with Crippen LogP contribution in [0.3, 0.4) is 0 Å². The van der Waals surface area contributed by atoms with Gasteiger partial charge in [0.1, 0.15) is 5.56 Å². The third-order valence-electron chi connectivity index (χ3n) is 5.34. The number of nitrogens with zero attached hydrogens (tertiary/aromatic N) is 3. The van der Waals surface area contributed by atoms with Gasteiger partial charge in [-0.2, -0.15) is 5.10 Å². The first-order chi connectivity index (χ1) is 14.1. The molecule has 0 aliphatic carbocycles. The first-order valence-electron chi connectivity index (χ1n) is 9.92. The Morgan fingerprint density at radius 2 is 1.93 bits per heavy atom. The van der Waals surface area contributed by atoms with Crippen LogP contribution >= 0.6 is 12.4 Å². The van der Waals surface area contributed by atoms with Gasteiger partial charge in [-0.3, -0.25) is 14.3 Å². The Morgan fingerprint density at radius 3 is 2.67 bits per heavy atom. The molecule has 0 atom stereocenters. The molecule has 1 aromatic carbocycles. The lowest BCUT2D eigenvalue weighted by Crippen LogP contribution is -2.37. The van der Waals surface area contributed by atoms with E-state index in [1.165, 1.54) is 0 Å². The van der Waals surface area contributed by atoms with E-state index >= 15 is 0 Å². The molecule has 2 aromatic heterocycles. The minimum Gasteiger partial charge on any atom is -0.319 e. The van der Waals surface area contributed by atoms with Gasteiger partial charge in [0.05, 0.1) is 18.4 Å². The van der Waals surface area contributed by atoms with Crippen LogP contribution in [-0.4, -0.2) is 33.3 Å². The molecule has 158 valence electrons. The van der Waals surface area contributed by atoms with Gasteiger partial charge in [-0.25, -0.2) is 0 Å². The summed E-state index contributed by atoms with van der Waals surface area (Å²) in [6, 6.07) is 12.0. The summed E-state index contributed by atoms with van der Waals surface area (Å²) in [4.78, 5) is 25.9. The zero-order chi connectivity index (χ0) is 20.2. The van der Waals surface area contributed by atoms with Crippen molar-refractivity contribution in [1.82, 2.24) is 19.7 Å². The van der Waals surface area contributed by atoms with Gasteiger partial charge in [0.15, 0.2) is 0 Å². The van der Waals surface area contributed by atoms with Crippen molar-refractivity contribution < 1.29 is 4.79 Å². The van der Waals surface area contributed by atoms with Crippen LogP contribution in [0.2, 0.25) is 0 Å². The molecule has 0 bridgehead atoms. The predicted molar refractivity (Wildman–Crippen MR) is 120 cm³/mol. The van der Waals surface area contributed by atoms with E-state index < -0.39 is 5.91 Å². The maximum absolute atomic E-state index is 13.0. The fraction of sp³-hybridized carbons (Fsp3) is 0.318. The highest BCUT2D eigenvalue weighted by Gasteiger charge is 2.21. The van der Waals surface area contributed by atoms with E-state index in [1.54, 1.807) is 28.6 Å². The third kappa shape index (κ3) is 4.80. The van der Waals surface area contributed by atoms with E-state index in [0.29, 0.717) is 17.8 Å². The van der Waals surface area contributed by atoms with Crippen molar-refractivity contribution >= 4 is 24.0 Å². The van der Waals surface area contributed by atoms with Crippen LogP contribution in [0.1, 0.15) is 40.4 Å². The summed E-state index contributed by atoms with van der Waals surface area (Å²) in [5.74, 6) is -0.393. The smallest absolute Gasteiger partial charge is 0.263 e. The van der Waals surface area contributed by atoms with E-state index in [-0.39, 0.29) is 29.6 Å². The van der Waals surface area contributed by atoms with Crippen molar-refractivity contribution in [2.75, 3.05) is 18.4 Å². The molecule has 2 N–H and O–H groups in total. The SMILES string of the molecule is Cc1ccn(C2CCNCC2)c(=O)c1C(=O)Nc1cnn(Cc2ccccc2)c1.Cl.